The monoisotopic (exact) mass is 371 g/mol. The number of carbonyl (C=O) groups is 2. The second-order valence-corrected chi connectivity index (χ2v) is 6.17. The Kier molecular flexibility index (Phi) is 6.68. The lowest BCUT2D eigenvalue weighted by Crippen LogP contribution is -2.34. The van der Waals surface area contributed by atoms with E-state index in [1.807, 2.05) is 13.8 Å². The molecule has 3 N–H and O–H groups in total. The van der Waals surface area contributed by atoms with Gasteiger partial charge in [-0.25, -0.2) is 0 Å². The summed E-state index contributed by atoms with van der Waals surface area (Å²) in [6, 6.07) is 13.6. The Hall–Kier alpha value is -2.93. The number of benzene rings is 2. The lowest BCUT2D eigenvalue weighted by molar-refractivity contribution is 0.0959. The molecular formula is C19H21N3O3S. The van der Waals surface area contributed by atoms with E-state index in [-0.39, 0.29) is 23.0 Å². The average Bonchev–Trinajstić information content (AvgIpc) is 2.61. The fraction of sp³-hybridized carbons (Fsp3) is 0.211. The molecule has 0 aliphatic rings. The van der Waals surface area contributed by atoms with E-state index in [9.17, 15) is 9.59 Å². The van der Waals surface area contributed by atoms with Gasteiger partial charge in [-0.05, 0) is 68.5 Å². The van der Waals surface area contributed by atoms with Crippen LogP contribution in [0.3, 0.4) is 0 Å². The van der Waals surface area contributed by atoms with Crippen LogP contribution in [0.4, 0.5) is 5.69 Å². The van der Waals surface area contributed by atoms with Gasteiger partial charge in [-0.15, -0.1) is 0 Å². The number of nitrogens with one attached hydrogen (secondary N) is 3. The lowest BCUT2D eigenvalue weighted by Gasteiger charge is -2.12. The van der Waals surface area contributed by atoms with Crippen LogP contribution in [0.2, 0.25) is 0 Å². The largest absolute Gasteiger partial charge is 0.491 e. The first-order chi connectivity index (χ1) is 12.4. The number of carbonyl (C=O) groups excluding carboxylic acids is 2. The third kappa shape index (κ3) is 5.56. The summed E-state index contributed by atoms with van der Waals surface area (Å²) in [6.07, 6.45) is 0.0667. The summed E-state index contributed by atoms with van der Waals surface area (Å²) in [6.45, 7) is 3.87. The van der Waals surface area contributed by atoms with Gasteiger partial charge in [0.15, 0.2) is 5.11 Å². The molecule has 136 valence electrons. The highest BCUT2D eigenvalue weighted by Gasteiger charge is 2.10. The molecule has 0 bridgehead atoms. The Labute approximate surface area is 157 Å². The first kappa shape index (κ1) is 19.4. The molecule has 0 unspecified atom stereocenters. The first-order valence-electron chi connectivity index (χ1n) is 8.10. The van der Waals surface area contributed by atoms with Gasteiger partial charge in [0, 0.05) is 23.9 Å². The predicted molar refractivity (Wildman–Crippen MR) is 106 cm³/mol. The van der Waals surface area contributed by atoms with Crippen LogP contribution in [0.5, 0.6) is 5.75 Å². The van der Waals surface area contributed by atoms with Gasteiger partial charge in [0.2, 0.25) is 0 Å². The molecule has 0 saturated heterocycles. The molecule has 26 heavy (non-hydrogen) atoms. The van der Waals surface area contributed by atoms with E-state index in [1.54, 1.807) is 55.6 Å². The van der Waals surface area contributed by atoms with Gasteiger partial charge < -0.3 is 15.4 Å². The van der Waals surface area contributed by atoms with Gasteiger partial charge in [0.05, 0.1) is 6.10 Å². The van der Waals surface area contributed by atoms with Gasteiger partial charge in [0.1, 0.15) is 5.75 Å². The summed E-state index contributed by atoms with van der Waals surface area (Å²) in [5, 5.41) is 8.20. The average molecular weight is 371 g/mol. The third-order valence-corrected chi connectivity index (χ3v) is 3.53. The number of thiocarbonyl (C=S) groups is 1. The second-order valence-electron chi connectivity index (χ2n) is 5.76. The standard InChI is InChI=1S/C19H21N3O3S/c1-12(2)25-16-9-7-13(8-10-16)18(24)22-19(26)21-15-6-4-5-14(11-15)17(23)20-3/h4-12H,1-3H3,(H,20,23)(H2,21,22,24,26). The maximum absolute atomic E-state index is 12.3. The van der Waals surface area contributed by atoms with Gasteiger partial charge in [0.25, 0.3) is 11.8 Å². The summed E-state index contributed by atoms with van der Waals surface area (Å²) in [4.78, 5) is 23.9. The van der Waals surface area contributed by atoms with E-state index >= 15 is 0 Å². The van der Waals surface area contributed by atoms with Crippen molar-refractivity contribution in [1.29, 1.82) is 0 Å². The van der Waals surface area contributed by atoms with Gasteiger partial charge >= 0.3 is 0 Å². The second kappa shape index (κ2) is 8.96. The molecule has 2 aromatic carbocycles. The zero-order chi connectivity index (χ0) is 19.1. The van der Waals surface area contributed by atoms with E-state index in [0.29, 0.717) is 22.6 Å². The molecule has 0 heterocycles. The molecule has 2 amide bonds. The topological polar surface area (TPSA) is 79.5 Å². The molecule has 0 aliphatic carbocycles. The molecule has 2 rings (SSSR count). The van der Waals surface area contributed by atoms with Crippen LogP contribution in [-0.4, -0.2) is 30.1 Å². The maximum Gasteiger partial charge on any atom is 0.257 e. The third-order valence-electron chi connectivity index (χ3n) is 3.33. The number of anilines is 1. The van der Waals surface area contributed by atoms with E-state index < -0.39 is 0 Å². The molecule has 0 saturated carbocycles. The minimum atomic E-state index is -0.332. The lowest BCUT2D eigenvalue weighted by atomic mass is 10.2. The van der Waals surface area contributed by atoms with Crippen molar-refractivity contribution >= 4 is 34.8 Å². The Bertz CT molecular complexity index is 804. The molecule has 2 aromatic rings. The van der Waals surface area contributed by atoms with E-state index in [0.717, 1.165) is 0 Å². The quantitative estimate of drug-likeness (QED) is 0.704. The number of hydrogen-bond acceptors (Lipinski definition) is 4. The fourth-order valence-corrected chi connectivity index (χ4v) is 2.39. The van der Waals surface area contributed by atoms with Crippen LogP contribution in [0.1, 0.15) is 34.6 Å². The highest BCUT2D eigenvalue weighted by molar-refractivity contribution is 7.80. The SMILES string of the molecule is CNC(=O)c1cccc(NC(=S)NC(=O)c2ccc(OC(C)C)cc2)c1. The van der Waals surface area contributed by atoms with Gasteiger partial charge in [-0.1, -0.05) is 6.07 Å². The van der Waals surface area contributed by atoms with Crippen LogP contribution in [0.25, 0.3) is 0 Å². The molecular weight excluding hydrogens is 350 g/mol. The molecule has 0 atom stereocenters. The van der Waals surface area contributed by atoms with Crippen molar-refractivity contribution in [2.45, 2.75) is 20.0 Å². The molecule has 7 heteroatoms. The summed E-state index contributed by atoms with van der Waals surface area (Å²) in [7, 11) is 1.56. The zero-order valence-electron chi connectivity index (χ0n) is 14.8. The van der Waals surface area contributed by atoms with Crippen LogP contribution in [-0.2, 0) is 0 Å². The first-order valence-corrected chi connectivity index (χ1v) is 8.51. The van der Waals surface area contributed by atoms with E-state index in [2.05, 4.69) is 16.0 Å². The molecule has 0 aromatic heterocycles. The zero-order valence-corrected chi connectivity index (χ0v) is 15.6. The highest BCUT2D eigenvalue weighted by Crippen LogP contribution is 2.14. The highest BCUT2D eigenvalue weighted by atomic mass is 32.1. The van der Waals surface area contributed by atoms with E-state index in [4.69, 9.17) is 17.0 Å². The minimum absolute atomic E-state index is 0.0667. The van der Waals surface area contributed by atoms with E-state index in [1.165, 1.54) is 0 Å². The number of ether oxygens (including phenoxy) is 1. The Morgan fingerprint density at radius 2 is 1.69 bits per heavy atom. The molecule has 0 aliphatic heterocycles. The van der Waals surface area contributed by atoms with Crippen molar-refractivity contribution in [1.82, 2.24) is 10.6 Å². The smallest absolute Gasteiger partial charge is 0.257 e. The van der Waals surface area contributed by atoms with Crippen molar-refractivity contribution in [2.75, 3.05) is 12.4 Å². The van der Waals surface area contributed by atoms with Crippen molar-refractivity contribution < 1.29 is 14.3 Å². The van der Waals surface area contributed by atoms with Crippen LogP contribution in [0.15, 0.2) is 48.5 Å². The fourth-order valence-electron chi connectivity index (χ4n) is 2.18. The van der Waals surface area contributed by atoms with Crippen LogP contribution >= 0.6 is 12.2 Å². The van der Waals surface area contributed by atoms with Crippen molar-refractivity contribution in [3.8, 4) is 5.75 Å². The molecule has 0 spiro atoms. The molecule has 0 radical (unpaired) electrons. The Morgan fingerprint density at radius 1 is 1.00 bits per heavy atom. The number of amides is 2. The normalized spacial score (nSPS) is 10.2. The van der Waals surface area contributed by atoms with Crippen molar-refractivity contribution in [3.63, 3.8) is 0 Å². The number of hydrogen-bond donors (Lipinski definition) is 3. The summed E-state index contributed by atoms with van der Waals surface area (Å²) in [5.74, 6) is 0.164. The molecule has 6 nitrogen and oxygen atoms in total. The summed E-state index contributed by atoms with van der Waals surface area (Å²) in [5.41, 5.74) is 1.56. The van der Waals surface area contributed by atoms with Crippen molar-refractivity contribution in [3.05, 3.63) is 59.7 Å². The minimum Gasteiger partial charge on any atom is -0.491 e. The summed E-state index contributed by atoms with van der Waals surface area (Å²) >= 11 is 5.16. The predicted octanol–water partition coefficient (Wildman–Crippen LogP) is 2.96. The van der Waals surface area contributed by atoms with Gasteiger partial charge in [-0.3, -0.25) is 14.9 Å². The van der Waals surface area contributed by atoms with Crippen molar-refractivity contribution in [2.24, 2.45) is 0 Å². The number of rotatable bonds is 5. The Morgan fingerprint density at radius 3 is 2.31 bits per heavy atom. The molecule has 0 fully saturated rings. The van der Waals surface area contributed by atoms with Gasteiger partial charge in [-0.2, -0.15) is 0 Å². The Balaban J connectivity index is 1.97. The van der Waals surface area contributed by atoms with Crippen LogP contribution in [0, 0.1) is 0 Å². The summed E-state index contributed by atoms with van der Waals surface area (Å²) < 4.78 is 5.55. The maximum atomic E-state index is 12.3. The van der Waals surface area contributed by atoms with Crippen LogP contribution < -0.4 is 20.7 Å².